The fourth-order valence-corrected chi connectivity index (χ4v) is 5.38. The van der Waals surface area contributed by atoms with Gasteiger partial charge in [0.1, 0.15) is 11.0 Å². The average Bonchev–Trinajstić information content (AvgIpc) is 3.57. The molecule has 7 nitrogen and oxygen atoms in total. The molecule has 2 saturated carbocycles. The number of halogens is 1. The molecule has 150 valence electrons. The summed E-state index contributed by atoms with van der Waals surface area (Å²) in [5.74, 6) is 1.46. The van der Waals surface area contributed by atoms with Gasteiger partial charge in [0.05, 0.1) is 17.1 Å². The van der Waals surface area contributed by atoms with Gasteiger partial charge in [-0.3, -0.25) is 9.59 Å². The van der Waals surface area contributed by atoms with Crippen molar-refractivity contribution in [3.05, 3.63) is 16.8 Å². The second-order valence-electron chi connectivity index (χ2n) is 8.64. The van der Waals surface area contributed by atoms with Crippen LogP contribution < -0.4 is 16.4 Å². The monoisotopic (exact) mass is 404 g/mol. The zero-order valence-corrected chi connectivity index (χ0v) is 16.4. The van der Waals surface area contributed by atoms with Gasteiger partial charge in [-0.1, -0.05) is 11.6 Å². The smallest absolute Gasteiger partial charge is 0.242 e. The molecule has 3 fully saturated rings. The van der Waals surface area contributed by atoms with E-state index in [-0.39, 0.29) is 22.9 Å². The van der Waals surface area contributed by atoms with Gasteiger partial charge < -0.3 is 21.1 Å². The minimum Gasteiger partial charge on any atom is -0.381 e. The van der Waals surface area contributed by atoms with E-state index in [9.17, 15) is 9.59 Å². The van der Waals surface area contributed by atoms with E-state index in [1.165, 1.54) is 25.7 Å². The normalized spacial score (nSPS) is 24.2. The first-order chi connectivity index (χ1) is 13.5. The van der Waals surface area contributed by atoms with E-state index in [0.29, 0.717) is 49.4 Å². The first-order valence-electron chi connectivity index (χ1n) is 10.2. The molecule has 4 N–H and O–H groups in total. The van der Waals surface area contributed by atoms with Crippen molar-refractivity contribution in [3.63, 3.8) is 0 Å². The summed E-state index contributed by atoms with van der Waals surface area (Å²) in [5, 5.41) is 6.00. The highest BCUT2D eigenvalue weighted by Crippen LogP contribution is 2.51. The second kappa shape index (κ2) is 6.68. The van der Waals surface area contributed by atoms with Crippen molar-refractivity contribution in [1.29, 1.82) is 0 Å². The molecule has 8 heteroatoms. The standard InChI is InChI=1S/C20H25ClN4O3/c21-17-15-12(23-19(27)20(15)5-7-28-8-6-20)9-13(24-17)25-18(26)16(22)14(10-1-2-10)11-3-4-11/h9-11,14,16H,1-8,22H2,(H,23,27)(H,24,25,26). The Labute approximate surface area is 168 Å². The van der Waals surface area contributed by atoms with E-state index < -0.39 is 11.5 Å². The first kappa shape index (κ1) is 18.3. The summed E-state index contributed by atoms with van der Waals surface area (Å²) < 4.78 is 5.42. The fourth-order valence-electron chi connectivity index (χ4n) is 5.00. The van der Waals surface area contributed by atoms with E-state index in [1.807, 2.05) is 0 Å². The number of hydrogen-bond donors (Lipinski definition) is 3. The lowest BCUT2D eigenvalue weighted by Gasteiger charge is -2.31. The van der Waals surface area contributed by atoms with Crippen LogP contribution in [-0.2, 0) is 19.7 Å². The molecule has 2 aliphatic heterocycles. The topological polar surface area (TPSA) is 106 Å². The quantitative estimate of drug-likeness (QED) is 0.653. The van der Waals surface area contributed by atoms with Crippen LogP contribution in [0.2, 0.25) is 5.15 Å². The molecule has 1 aromatic heterocycles. The molecule has 1 spiro atoms. The molecule has 1 saturated heterocycles. The highest BCUT2D eigenvalue weighted by atomic mass is 35.5. The maximum absolute atomic E-state index is 12.8. The number of fused-ring (bicyclic) bond motifs is 2. The zero-order chi connectivity index (χ0) is 19.5. The number of ether oxygens (including phenoxy) is 1. The summed E-state index contributed by atoms with van der Waals surface area (Å²) >= 11 is 6.48. The van der Waals surface area contributed by atoms with Gasteiger partial charge in [0.25, 0.3) is 0 Å². The number of carbonyl (C=O) groups excluding carboxylic acids is 2. The number of nitrogens with two attached hydrogens (primary N) is 1. The van der Waals surface area contributed by atoms with Crippen molar-refractivity contribution in [1.82, 2.24) is 4.98 Å². The van der Waals surface area contributed by atoms with E-state index in [1.54, 1.807) is 6.07 Å². The molecule has 28 heavy (non-hydrogen) atoms. The Morgan fingerprint density at radius 2 is 1.93 bits per heavy atom. The number of hydrogen-bond acceptors (Lipinski definition) is 5. The van der Waals surface area contributed by atoms with Gasteiger partial charge in [0, 0.05) is 24.8 Å². The van der Waals surface area contributed by atoms with Crippen LogP contribution in [0.5, 0.6) is 0 Å². The summed E-state index contributed by atoms with van der Waals surface area (Å²) in [6.45, 7) is 1.03. The largest absolute Gasteiger partial charge is 0.381 e. The predicted octanol–water partition coefficient (Wildman–Crippen LogP) is 2.44. The van der Waals surface area contributed by atoms with Crippen molar-refractivity contribution in [2.45, 2.75) is 50.0 Å². The summed E-state index contributed by atoms with van der Waals surface area (Å²) in [5.41, 5.74) is 6.98. The molecule has 5 rings (SSSR count). The molecule has 2 aliphatic carbocycles. The van der Waals surface area contributed by atoms with E-state index in [0.717, 1.165) is 5.56 Å². The number of pyridine rings is 1. The van der Waals surface area contributed by atoms with Crippen LogP contribution >= 0.6 is 11.6 Å². The molecule has 0 aromatic carbocycles. The highest BCUT2D eigenvalue weighted by molar-refractivity contribution is 6.32. The lowest BCUT2D eigenvalue weighted by atomic mass is 9.76. The Kier molecular flexibility index (Phi) is 4.37. The minimum atomic E-state index is -0.681. The Hall–Kier alpha value is -1.70. The highest BCUT2D eigenvalue weighted by Gasteiger charge is 2.50. The Bertz CT molecular complexity index is 819. The number of aromatic nitrogens is 1. The maximum Gasteiger partial charge on any atom is 0.242 e. The maximum atomic E-state index is 12.8. The van der Waals surface area contributed by atoms with Crippen molar-refractivity contribution in [2.24, 2.45) is 23.5 Å². The summed E-state index contributed by atoms with van der Waals surface area (Å²) in [7, 11) is 0. The second-order valence-corrected chi connectivity index (χ2v) is 8.99. The molecule has 0 radical (unpaired) electrons. The molecule has 2 amide bonds. The number of carbonyl (C=O) groups is 2. The molecular formula is C20H25ClN4O3. The predicted molar refractivity (Wildman–Crippen MR) is 105 cm³/mol. The van der Waals surface area contributed by atoms with Crippen LogP contribution in [0.1, 0.15) is 44.1 Å². The number of nitrogens with one attached hydrogen (secondary N) is 2. The van der Waals surface area contributed by atoms with Gasteiger partial charge in [-0.15, -0.1) is 0 Å². The van der Waals surface area contributed by atoms with Gasteiger partial charge in [-0.2, -0.15) is 0 Å². The van der Waals surface area contributed by atoms with Gasteiger partial charge in [0.15, 0.2) is 0 Å². The minimum absolute atomic E-state index is 0.0720. The Morgan fingerprint density at radius 3 is 2.54 bits per heavy atom. The van der Waals surface area contributed by atoms with E-state index >= 15 is 0 Å². The van der Waals surface area contributed by atoms with Gasteiger partial charge >= 0.3 is 0 Å². The third-order valence-corrected chi connectivity index (χ3v) is 7.06. The van der Waals surface area contributed by atoms with E-state index in [2.05, 4.69) is 15.6 Å². The number of rotatable bonds is 5. The molecule has 3 heterocycles. The summed E-state index contributed by atoms with van der Waals surface area (Å²) in [6.07, 6.45) is 5.83. The van der Waals surface area contributed by atoms with Crippen LogP contribution in [0, 0.1) is 17.8 Å². The van der Waals surface area contributed by atoms with Crippen LogP contribution in [0.15, 0.2) is 6.07 Å². The molecule has 4 aliphatic rings. The van der Waals surface area contributed by atoms with Crippen LogP contribution in [0.3, 0.4) is 0 Å². The molecular weight excluding hydrogens is 380 g/mol. The van der Waals surface area contributed by atoms with Crippen molar-refractivity contribution in [2.75, 3.05) is 23.8 Å². The number of nitrogens with zero attached hydrogens (tertiary/aromatic N) is 1. The lowest BCUT2D eigenvalue weighted by molar-refractivity contribution is -0.124. The third kappa shape index (κ3) is 3.00. The zero-order valence-electron chi connectivity index (χ0n) is 15.7. The van der Waals surface area contributed by atoms with Crippen molar-refractivity contribution >= 4 is 34.9 Å². The SMILES string of the molecule is NC(C(=O)Nc1cc2c(c(Cl)n1)C1(CCOCC1)C(=O)N2)C(C1CC1)C1CC1. The molecule has 1 atom stereocenters. The van der Waals surface area contributed by atoms with Crippen molar-refractivity contribution < 1.29 is 14.3 Å². The van der Waals surface area contributed by atoms with E-state index in [4.69, 9.17) is 22.1 Å². The number of amides is 2. The molecule has 1 unspecified atom stereocenters. The summed E-state index contributed by atoms with van der Waals surface area (Å²) in [6, 6.07) is 1.15. The van der Waals surface area contributed by atoms with Crippen molar-refractivity contribution in [3.8, 4) is 0 Å². The van der Waals surface area contributed by atoms with Crippen LogP contribution in [0.4, 0.5) is 11.5 Å². The first-order valence-corrected chi connectivity index (χ1v) is 10.5. The lowest BCUT2D eigenvalue weighted by Crippen LogP contribution is -2.44. The van der Waals surface area contributed by atoms with Crippen LogP contribution in [0.25, 0.3) is 0 Å². The Morgan fingerprint density at radius 1 is 1.29 bits per heavy atom. The molecule has 1 aromatic rings. The van der Waals surface area contributed by atoms with Gasteiger partial charge in [-0.25, -0.2) is 4.98 Å². The molecule has 0 bridgehead atoms. The fraction of sp³-hybridized carbons (Fsp3) is 0.650. The van der Waals surface area contributed by atoms with Crippen LogP contribution in [-0.4, -0.2) is 36.1 Å². The van der Waals surface area contributed by atoms with Gasteiger partial charge in [-0.05, 0) is 56.3 Å². The van der Waals surface area contributed by atoms with Gasteiger partial charge in [0.2, 0.25) is 11.8 Å². The summed E-state index contributed by atoms with van der Waals surface area (Å²) in [4.78, 5) is 29.8. The third-order valence-electron chi connectivity index (χ3n) is 6.78. The average molecular weight is 405 g/mol. The number of anilines is 2. The Balaban J connectivity index is 1.37.